The lowest BCUT2D eigenvalue weighted by Gasteiger charge is -2.42. The first-order valence-electron chi connectivity index (χ1n) is 10.4. The molecule has 1 saturated heterocycles. The molecule has 3 atom stereocenters. The zero-order chi connectivity index (χ0) is 25.7. The van der Waals surface area contributed by atoms with Gasteiger partial charge in [0.2, 0.25) is 11.8 Å². The van der Waals surface area contributed by atoms with E-state index >= 15 is 0 Å². The summed E-state index contributed by atoms with van der Waals surface area (Å²) in [7, 11) is 17.9. The number of hydrogen-bond donors (Lipinski definition) is 2. The number of amides is 4. The summed E-state index contributed by atoms with van der Waals surface area (Å²) in [6.07, 6.45) is -0.278. The van der Waals surface area contributed by atoms with Gasteiger partial charge in [-0.3, -0.25) is 24.5 Å². The van der Waals surface area contributed by atoms with Crippen molar-refractivity contribution in [2.75, 3.05) is 0 Å². The van der Waals surface area contributed by atoms with Crippen LogP contribution < -0.4 is 10.6 Å². The van der Waals surface area contributed by atoms with Crippen LogP contribution in [-0.4, -0.2) is 57.5 Å². The van der Waals surface area contributed by atoms with E-state index in [-0.39, 0.29) is 29.1 Å². The van der Waals surface area contributed by atoms with Gasteiger partial charge in [-0.2, -0.15) is 8.78 Å². The zero-order valence-electron chi connectivity index (χ0n) is 18.1. The number of fused-ring (bicyclic) bond motifs is 1. The van der Waals surface area contributed by atoms with Crippen molar-refractivity contribution < 1.29 is 28.0 Å². The van der Waals surface area contributed by atoms with Gasteiger partial charge in [0.1, 0.15) is 15.7 Å². The second-order valence-corrected chi connectivity index (χ2v) is 8.83. The van der Waals surface area contributed by atoms with Crippen molar-refractivity contribution in [1.82, 2.24) is 15.5 Å². The van der Waals surface area contributed by atoms with Gasteiger partial charge >= 0.3 is 5.92 Å². The Morgan fingerprint density at radius 1 is 1.20 bits per heavy atom. The smallest absolute Gasteiger partial charge is 0.349 e. The molecule has 2 aromatic carbocycles. The Bertz CT molecular complexity index is 1250. The maximum Gasteiger partial charge on any atom is 0.349 e. The van der Waals surface area contributed by atoms with Gasteiger partial charge in [0.05, 0.1) is 13.3 Å². The predicted octanol–water partition coefficient (Wildman–Crippen LogP) is 1.24. The van der Waals surface area contributed by atoms with E-state index in [0.29, 0.717) is 5.56 Å². The van der Waals surface area contributed by atoms with Crippen molar-refractivity contribution in [3.05, 3.63) is 69.7 Å². The maximum atomic E-state index is 14.6. The van der Waals surface area contributed by atoms with Crippen molar-refractivity contribution in [1.29, 1.82) is 0 Å². The number of nitrogens with zero attached hydrogens (tertiary/aromatic N) is 1. The molecular formula is C22H15B3ClF2N3O4. The minimum atomic E-state index is -3.87. The van der Waals surface area contributed by atoms with Crippen LogP contribution in [-0.2, 0) is 26.9 Å². The van der Waals surface area contributed by atoms with Crippen LogP contribution in [0.15, 0.2) is 42.5 Å². The molecule has 35 heavy (non-hydrogen) atoms. The van der Waals surface area contributed by atoms with Crippen LogP contribution in [0.1, 0.15) is 39.4 Å². The monoisotopic (exact) mass is 491 g/mol. The Labute approximate surface area is 208 Å². The van der Waals surface area contributed by atoms with Crippen LogP contribution in [0.25, 0.3) is 0 Å². The van der Waals surface area contributed by atoms with Crippen LogP contribution in [0.5, 0.6) is 0 Å². The molecule has 0 aromatic heterocycles. The third-order valence-electron chi connectivity index (χ3n) is 6.05. The second-order valence-electron chi connectivity index (χ2n) is 8.39. The lowest BCUT2D eigenvalue weighted by Crippen LogP contribution is -2.64. The summed E-state index contributed by atoms with van der Waals surface area (Å²) in [4.78, 5) is 50.4. The van der Waals surface area contributed by atoms with E-state index in [4.69, 9.17) is 35.1 Å². The fourth-order valence-electron chi connectivity index (χ4n) is 4.03. The molecule has 1 fully saturated rings. The minimum Gasteiger partial charge on any atom is -0.352 e. The maximum absolute atomic E-state index is 14.6. The number of nitrogens with one attached hydrogen (secondary N) is 2. The van der Waals surface area contributed by atoms with Gasteiger partial charge in [-0.1, -0.05) is 35.9 Å². The van der Waals surface area contributed by atoms with E-state index in [2.05, 4.69) is 10.6 Å². The summed E-state index contributed by atoms with van der Waals surface area (Å²) in [5.41, 5.74) is -1.56. The molecule has 2 aromatic rings. The fraction of sp³-hybridized carbons (Fsp3) is 0.273. The van der Waals surface area contributed by atoms with Crippen LogP contribution >= 0.6 is 11.6 Å². The lowest BCUT2D eigenvalue weighted by atomic mass is 9.62. The summed E-state index contributed by atoms with van der Waals surface area (Å²) in [5.74, 6) is -10.0. The van der Waals surface area contributed by atoms with Gasteiger partial charge in [-0.15, -0.1) is 0 Å². The average Bonchev–Trinajstić information content (AvgIpc) is 3.14. The van der Waals surface area contributed by atoms with E-state index in [1.165, 1.54) is 30.3 Å². The Morgan fingerprint density at radius 3 is 2.51 bits per heavy atom. The van der Waals surface area contributed by atoms with Crippen LogP contribution in [0.4, 0.5) is 8.78 Å². The highest BCUT2D eigenvalue weighted by molar-refractivity contribution is 6.36. The standard InChI is InChI=1S/C22H15B3ClF2N3O4/c23-15-8-21(25,19(34)30-17(15)32)31-9-11-7-10(1-6-14(11)18(31)33)16(24)29-20(35)22(27,28)12-2-4-13(26)5-3-12/h1-7,15-16H,8-9H2,(H,29,35)(H,30,32,34)/t15?,16?,21-/m1/s1. The average molecular weight is 491 g/mol. The van der Waals surface area contributed by atoms with E-state index in [0.717, 1.165) is 17.0 Å². The first-order chi connectivity index (χ1) is 16.3. The highest BCUT2D eigenvalue weighted by Gasteiger charge is 2.49. The summed E-state index contributed by atoms with van der Waals surface area (Å²) in [5, 5.41) is 4.36. The van der Waals surface area contributed by atoms with Gasteiger partial charge < -0.3 is 10.2 Å². The van der Waals surface area contributed by atoms with Crippen LogP contribution in [0.2, 0.25) is 10.8 Å². The third kappa shape index (κ3) is 4.35. The van der Waals surface area contributed by atoms with Gasteiger partial charge in [0.25, 0.3) is 11.8 Å². The number of rotatable bonds is 5. The number of imide groups is 1. The van der Waals surface area contributed by atoms with E-state index in [9.17, 15) is 28.0 Å². The molecule has 0 spiro atoms. The molecule has 2 aliphatic heterocycles. The molecule has 6 radical (unpaired) electrons. The van der Waals surface area contributed by atoms with Crippen molar-refractivity contribution in [2.24, 2.45) is 0 Å². The Morgan fingerprint density at radius 2 is 1.86 bits per heavy atom. The van der Waals surface area contributed by atoms with Crippen molar-refractivity contribution in [2.45, 2.75) is 36.1 Å². The minimum absolute atomic E-state index is 0.117. The largest absolute Gasteiger partial charge is 0.352 e. The Hall–Kier alpha value is -3.14. The summed E-state index contributed by atoms with van der Waals surface area (Å²) in [6, 6.07) is 8.78. The Kier molecular flexibility index (Phi) is 6.29. The fourth-order valence-corrected chi connectivity index (χ4v) is 4.15. The third-order valence-corrected chi connectivity index (χ3v) is 6.30. The van der Waals surface area contributed by atoms with Crippen LogP contribution in [0.3, 0.4) is 0 Å². The molecule has 2 unspecified atom stereocenters. The predicted molar refractivity (Wildman–Crippen MR) is 124 cm³/mol. The second kappa shape index (κ2) is 8.82. The topological polar surface area (TPSA) is 95.6 Å². The SMILES string of the molecule is [B]C1C[C@@]([B])(N2Cc3cc(C([B])NC(=O)C(F)(F)c4ccc(Cl)cc4)ccc3C2=O)C(=O)NC1=O. The number of halogens is 3. The lowest BCUT2D eigenvalue weighted by molar-refractivity contribution is -0.147. The van der Waals surface area contributed by atoms with E-state index in [1.54, 1.807) is 0 Å². The molecule has 0 bridgehead atoms. The summed E-state index contributed by atoms with van der Waals surface area (Å²) >= 11 is 5.71. The number of carbonyl (C=O) groups is 4. The number of alkyl halides is 2. The number of benzene rings is 2. The molecule has 0 aliphatic carbocycles. The van der Waals surface area contributed by atoms with Gasteiger partial charge in [-0.05, 0) is 35.7 Å². The van der Waals surface area contributed by atoms with E-state index in [1.807, 2.05) is 0 Å². The molecular weight excluding hydrogens is 476 g/mol. The van der Waals surface area contributed by atoms with Gasteiger partial charge in [0.15, 0.2) is 0 Å². The van der Waals surface area contributed by atoms with E-state index < -0.39 is 52.3 Å². The summed E-state index contributed by atoms with van der Waals surface area (Å²) < 4.78 is 29.2. The molecule has 13 heteroatoms. The van der Waals surface area contributed by atoms with Crippen molar-refractivity contribution in [3.8, 4) is 0 Å². The highest BCUT2D eigenvalue weighted by Crippen LogP contribution is 2.36. The first-order valence-corrected chi connectivity index (χ1v) is 10.8. The van der Waals surface area contributed by atoms with Gasteiger partial charge in [0, 0.05) is 34.5 Å². The molecule has 2 aliphatic rings. The number of piperidine rings is 1. The summed E-state index contributed by atoms with van der Waals surface area (Å²) in [6.45, 7) is -0.117. The molecule has 0 saturated carbocycles. The quantitative estimate of drug-likeness (QED) is 0.486. The molecule has 4 rings (SSSR count). The van der Waals surface area contributed by atoms with Crippen molar-refractivity contribution >= 4 is 58.8 Å². The normalized spacial score (nSPS) is 23.0. The molecule has 4 amide bonds. The molecule has 172 valence electrons. The molecule has 2 heterocycles. The van der Waals surface area contributed by atoms with Crippen LogP contribution in [0, 0.1) is 0 Å². The number of hydrogen-bond acceptors (Lipinski definition) is 4. The molecule has 2 N–H and O–H groups in total. The Balaban J connectivity index is 1.52. The molecule has 7 nitrogen and oxygen atoms in total. The van der Waals surface area contributed by atoms with Crippen molar-refractivity contribution in [3.63, 3.8) is 0 Å². The number of carbonyl (C=O) groups excluding carboxylic acids is 4. The first kappa shape index (κ1) is 25.0. The highest BCUT2D eigenvalue weighted by atomic mass is 35.5. The zero-order valence-corrected chi connectivity index (χ0v) is 18.8. The van der Waals surface area contributed by atoms with Gasteiger partial charge in [-0.25, -0.2) is 0 Å².